The van der Waals surface area contributed by atoms with E-state index in [1.54, 1.807) is 6.07 Å². The number of hydrogen-bond donors (Lipinski definition) is 0. The van der Waals surface area contributed by atoms with Crippen molar-refractivity contribution >= 4 is 12.0 Å². The number of hydrogen-bond acceptors (Lipinski definition) is 1. The van der Waals surface area contributed by atoms with Crippen LogP contribution in [0.1, 0.15) is 48.9 Å². The van der Waals surface area contributed by atoms with Crippen LogP contribution >= 0.6 is 0 Å². The monoisotopic (exact) mass is 352 g/mol. The SMILES string of the molecule is Cc1cc(N=CN(CC2CC2)C(C)C)c(C)cc1Cc1ccccc1F. The molecule has 3 heteroatoms. The number of aryl methyl sites for hydroxylation is 2. The van der Waals surface area contributed by atoms with E-state index >= 15 is 0 Å². The molecule has 0 aliphatic heterocycles. The Morgan fingerprint density at radius 2 is 1.85 bits per heavy atom. The summed E-state index contributed by atoms with van der Waals surface area (Å²) in [7, 11) is 0. The highest BCUT2D eigenvalue weighted by atomic mass is 19.1. The first kappa shape index (κ1) is 18.6. The molecule has 0 aromatic heterocycles. The van der Waals surface area contributed by atoms with Gasteiger partial charge in [-0.05, 0) is 80.8 Å². The second kappa shape index (κ2) is 8.03. The molecule has 1 fully saturated rings. The first-order valence-electron chi connectivity index (χ1n) is 9.57. The molecule has 1 saturated carbocycles. The standard InChI is InChI=1S/C23H29FN2/c1-16(2)26(14-19-9-10-19)15-25-23-12-17(3)21(11-18(23)4)13-20-7-5-6-8-22(20)24/h5-8,11-12,15-16,19H,9-10,13-14H2,1-4H3. The molecular weight excluding hydrogens is 323 g/mol. The first-order chi connectivity index (χ1) is 12.4. The minimum Gasteiger partial charge on any atom is -0.360 e. The summed E-state index contributed by atoms with van der Waals surface area (Å²) in [6.07, 6.45) is 5.31. The highest BCUT2D eigenvalue weighted by Crippen LogP contribution is 2.30. The summed E-state index contributed by atoms with van der Waals surface area (Å²) in [4.78, 5) is 7.09. The molecule has 2 aromatic rings. The number of nitrogens with zero attached hydrogens (tertiary/aromatic N) is 2. The zero-order valence-electron chi connectivity index (χ0n) is 16.3. The summed E-state index contributed by atoms with van der Waals surface area (Å²) in [5.41, 5.74) is 5.19. The van der Waals surface area contributed by atoms with E-state index in [0.29, 0.717) is 12.5 Å². The van der Waals surface area contributed by atoms with Crippen molar-refractivity contribution in [3.05, 3.63) is 64.5 Å². The largest absolute Gasteiger partial charge is 0.360 e. The lowest BCUT2D eigenvalue weighted by Crippen LogP contribution is -2.31. The van der Waals surface area contributed by atoms with Gasteiger partial charge in [-0.3, -0.25) is 0 Å². The van der Waals surface area contributed by atoms with Crippen molar-refractivity contribution in [3.8, 4) is 0 Å². The van der Waals surface area contributed by atoms with Crippen molar-refractivity contribution in [2.45, 2.75) is 53.0 Å². The van der Waals surface area contributed by atoms with Crippen LogP contribution in [0, 0.1) is 25.6 Å². The fourth-order valence-corrected chi connectivity index (χ4v) is 3.16. The lowest BCUT2D eigenvalue weighted by Gasteiger charge is -2.24. The third kappa shape index (κ3) is 4.72. The smallest absolute Gasteiger partial charge is 0.126 e. The summed E-state index contributed by atoms with van der Waals surface area (Å²) < 4.78 is 14.0. The van der Waals surface area contributed by atoms with Crippen LogP contribution in [-0.4, -0.2) is 23.8 Å². The van der Waals surface area contributed by atoms with Crippen LogP contribution in [-0.2, 0) is 6.42 Å². The highest BCUT2D eigenvalue weighted by molar-refractivity contribution is 5.64. The predicted molar refractivity (Wildman–Crippen MR) is 108 cm³/mol. The van der Waals surface area contributed by atoms with Gasteiger partial charge in [-0.2, -0.15) is 0 Å². The van der Waals surface area contributed by atoms with Crippen LogP contribution in [0.25, 0.3) is 0 Å². The third-order valence-corrected chi connectivity index (χ3v) is 5.17. The number of benzene rings is 2. The molecule has 0 N–H and O–H groups in total. The third-order valence-electron chi connectivity index (χ3n) is 5.17. The van der Waals surface area contributed by atoms with E-state index in [2.05, 4.69) is 44.7 Å². The van der Waals surface area contributed by atoms with Gasteiger partial charge >= 0.3 is 0 Å². The number of halogens is 1. The van der Waals surface area contributed by atoms with Crippen LogP contribution in [0.15, 0.2) is 41.4 Å². The molecule has 0 unspecified atom stereocenters. The fourth-order valence-electron chi connectivity index (χ4n) is 3.16. The first-order valence-corrected chi connectivity index (χ1v) is 9.57. The minimum absolute atomic E-state index is 0.140. The summed E-state index contributed by atoms with van der Waals surface area (Å²) in [5.74, 6) is 0.703. The van der Waals surface area contributed by atoms with Gasteiger partial charge < -0.3 is 4.90 Å². The molecule has 0 heterocycles. The molecule has 0 bridgehead atoms. The zero-order chi connectivity index (χ0) is 18.7. The molecule has 0 spiro atoms. The number of rotatable bonds is 7. The molecule has 0 amide bonds. The fraction of sp³-hybridized carbons (Fsp3) is 0.435. The van der Waals surface area contributed by atoms with Gasteiger partial charge in [0.2, 0.25) is 0 Å². The van der Waals surface area contributed by atoms with Crippen LogP contribution in [0.4, 0.5) is 10.1 Å². The second-order valence-electron chi connectivity index (χ2n) is 7.81. The minimum atomic E-state index is -0.140. The Labute approximate surface area is 156 Å². The lowest BCUT2D eigenvalue weighted by molar-refractivity contribution is 0.346. The topological polar surface area (TPSA) is 15.6 Å². The van der Waals surface area contributed by atoms with Crippen molar-refractivity contribution in [2.24, 2.45) is 10.9 Å². The van der Waals surface area contributed by atoms with E-state index in [1.807, 2.05) is 18.5 Å². The Kier molecular flexibility index (Phi) is 5.75. The molecule has 138 valence electrons. The van der Waals surface area contributed by atoms with Gasteiger partial charge in [-0.25, -0.2) is 9.38 Å². The Hall–Kier alpha value is -2.16. The summed E-state index contributed by atoms with van der Waals surface area (Å²) in [5, 5.41) is 0. The van der Waals surface area contributed by atoms with Crippen LogP contribution < -0.4 is 0 Å². The van der Waals surface area contributed by atoms with Gasteiger partial charge in [0.1, 0.15) is 5.82 Å². The Morgan fingerprint density at radius 3 is 2.50 bits per heavy atom. The van der Waals surface area contributed by atoms with Crippen molar-refractivity contribution in [1.29, 1.82) is 0 Å². The average Bonchev–Trinajstić information content (AvgIpc) is 3.41. The molecule has 1 aliphatic rings. The van der Waals surface area contributed by atoms with Crippen LogP contribution in [0.5, 0.6) is 0 Å². The maximum atomic E-state index is 14.0. The highest BCUT2D eigenvalue weighted by Gasteiger charge is 2.24. The van der Waals surface area contributed by atoms with Gasteiger partial charge in [0.25, 0.3) is 0 Å². The van der Waals surface area contributed by atoms with Crippen molar-refractivity contribution < 1.29 is 4.39 Å². The van der Waals surface area contributed by atoms with Crippen LogP contribution in [0.3, 0.4) is 0 Å². The molecule has 3 rings (SSSR count). The van der Waals surface area contributed by atoms with Gasteiger partial charge in [0.05, 0.1) is 12.0 Å². The van der Waals surface area contributed by atoms with Gasteiger partial charge in [-0.15, -0.1) is 0 Å². The molecular formula is C23H29FN2. The average molecular weight is 352 g/mol. The maximum Gasteiger partial charge on any atom is 0.126 e. The molecule has 0 radical (unpaired) electrons. The lowest BCUT2D eigenvalue weighted by atomic mass is 9.97. The maximum absolute atomic E-state index is 14.0. The second-order valence-corrected chi connectivity index (χ2v) is 7.81. The van der Waals surface area contributed by atoms with Crippen molar-refractivity contribution in [3.63, 3.8) is 0 Å². The number of aliphatic imine (C=N–C) groups is 1. The molecule has 0 saturated heterocycles. The van der Waals surface area contributed by atoms with Crippen molar-refractivity contribution in [2.75, 3.05) is 6.54 Å². The zero-order valence-corrected chi connectivity index (χ0v) is 16.3. The van der Waals surface area contributed by atoms with Crippen molar-refractivity contribution in [1.82, 2.24) is 4.90 Å². The summed E-state index contributed by atoms with van der Waals surface area (Å²) >= 11 is 0. The van der Waals surface area contributed by atoms with E-state index in [9.17, 15) is 4.39 Å². The van der Waals surface area contributed by atoms with Gasteiger partial charge in [0.15, 0.2) is 0 Å². The van der Waals surface area contributed by atoms with E-state index in [1.165, 1.54) is 18.9 Å². The molecule has 2 aromatic carbocycles. The van der Waals surface area contributed by atoms with E-state index in [4.69, 9.17) is 4.99 Å². The van der Waals surface area contributed by atoms with E-state index < -0.39 is 0 Å². The van der Waals surface area contributed by atoms with E-state index in [0.717, 1.165) is 40.4 Å². The molecule has 26 heavy (non-hydrogen) atoms. The predicted octanol–water partition coefficient (Wildman–Crippen LogP) is 5.81. The molecule has 0 atom stereocenters. The van der Waals surface area contributed by atoms with Gasteiger partial charge in [-0.1, -0.05) is 24.3 Å². The van der Waals surface area contributed by atoms with Gasteiger partial charge in [0, 0.05) is 19.0 Å². The normalized spacial score (nSPS) is 14.4. The summed E-state index contributed by atoms with van der Waals surface area (Å²) in [6.45, 7) is 9.69. The Morgan fingerprint density at radius 1 is 1.12 bits per heavy atom. The van der Waals surface area contributed by atoms with Crippen LogP contribution in [0.2, 0.25) is 0 Å². The quantitative estimate of drug-likeness (QED) is 0.453. The summed E-state index contributed by atoms with van der Waals surface area (Å²) in [6, 6.07) is 11.7. The van der Waals surface area contributed by atoms with E-state index in [-0.39, 0.29) is 5.82 Å². The molecule has 1 aliphatic carbocycles. The molecule has 2 nitrogen and oxygen atoms in total. The Balaban J connectivity index is 1.78. The Bertz CT molecular complexity index is 791.